The molecule has 3 rings (SSSR count). The maximum atomic E-state index is 12.4. The maximum Gasteiger partial charge on any atom is 0.261 e. The summed E-state index contributed by atoms with van der Waals surface area (Å²) in [6, 6.07) is 7.61. The molecule has 0 bridgehead atoms. The van der Waals surface area contributed by atoms with Crippen molar-refractivity contribution in [3.8, 4) is 0 Å². The van der Waals surface area contributed by atoms with Gasteiger partial charge in [0, 0.05) is 31.5 Å². The molecular weight excluding hydrogens is 322 g/mol. The molecule has 3 heterocycles. The second kappa shape index (κ2) is 7.68. The summed E-state index contributed by atoms with van der Waals surface area (Å²) in [5, 5.41) is 3.11. The van der Waals surface area contributed by atoms with Gasteiger partial charge in [0.1, 0.15) is 0 Å². The number of amides is 1. The minimum absolute atomic E-state index is 0.000591. The number of pyridine rings is 1. The standard InChI is InChI=1S/C18H21N3O2S/c1-13(22)16-6-7-17(24-16)18(23)20-15-5-3-9-21(12-15)11-14-4-2-8-19-10-14/h2,4,6-8,10,15H,3,5,9,11-12H2,1H3,(H,20,23)/t15-/m0/s1. The van der Waals surface area contributed by atoms with Gasteiger partial charge in [-0.1, -0.05) is 6.07 Å². The number of piperidine rings is 1. The van der Waals surface area contributed by atoms with Crippen molar-refractivity contribution in [1.82, 2.24) is 15.2 Å². The molecule has 126 valence electrons. The number of carbonyl (C=O) groups excluding carboxylic acids is 2. The van der Waals surface area contributed by atoms with Gasteiger partial charge < -0.3 is 5.32 Å². The molecular formula is C18H21N3O2S. The van der Waals surface area contributed by atoms with Crippen molar-refractivity contribution < 1.29 is 9.59 Å². The molecule has 1 aliphatic rings. The van der Waals surface area contributed by atoms with Crippen molar-refractivity contribution >= 4 is 23.0 Å². The molecule has 1 fully saturated rings. The van der Waals surface area contributed by atoms with E-state index in [0.29, 0.717) is 9.75 Å². The van der Waals surface area contributed by atoms with Crippen molar-refractivity contribution in [2.24, 2.45) is 0 Å². The summed E-state index contributed by atoms with van der Waals surface area (Å²) in [6.07, 6.45) is 5.71. The third-order valence-corrected chi connectivity index (χ3v) is 5.33. The summed E-state index contributed by atoms with van der Waals surface area (Å²) in [5.41, 5.74) is 1.19. The first-order valence-corrected chi connectivity index (χ1v) is 8.96. The van der Waals surface area contributed by atoms with Crippen LogP contribution in [0.4, 0.5) is 0 Å². The summed E-state index contributed by atoms with van der Waals surface area (Å²) >= 11 is 1.26. The van der Waals surface area contributed by atoms with Crippen LogP contribution in [0.15, 0.2) is 36.7 Å². The van der Waals surface area contributed by atoms with Gasteiger partial charge in [-0.3, -0.25) is 19.5 Å². The lowest BCUT2D eigenvalue weighted by molar-refractivity contribution is 0.0904. The lowest BCUT2D eigenvalue weighted by Crippen LogP contribution is -2.47. The number of nitrogens with zero attached hydrogens (tertiary/aromatic N) is 2. The fourth-order valence-corrected chi connectivity index (χ4v) is 3.78. The number of rotatable bonds is 5. The molecule has 24 heavy (non-hydrogen) atoms. The predicted molar refractivity (Wildman–Crippen MR) is 94.3 cm³/mol. The molecule has 0 unspecified atom stereocenters. The van der Waals surface area contributed by atoms with Gasteiger partial charge in [-0.05, 0) is 50.1 Å². The Morgan fingerprint density at radius 3 is 2.88 bits per heavy atom. The third kappa shape index (κ3) is 4.27. The fraction of sp³-hybridized carbons (Fsp3) is 0.389. The summed E-state index contributed by atoms with van der Waals surface area (Å²) in [5.74, 6) is -0.0833. The first-order chi connectivity index (χ1) is 11.6. The second-order valence-corrected chi connectivity index (χ2v) is 7.21. The lowest BCUT2D eigenvalue weighted by Gasteiger charge is -2.33. The smallest absolute Gasteiger partial charge is 0.261 e. The molecule has 1 aliphatic heterocycles. The number of carbonyl (C=O) groups is 2. The Morgan fingerprint density at radius 1 is 1.33 bits per heavy atom. The normalized spacial score (nSPS) is 18.3. The number of ketones is 1. The van der Waals surface area contributed by atoms with Crippen molar-refractivity contribution in [3.63, 3.8) is 0 Å². The number of aromatic nitrogens is 1. The van der Waals surface area contributed by atoms with E-state index in [9.17, 15) is 9.59 Å². The minimum atomic E-state index is -0.0827. The van der Waals surface area contributed by atoms with Gasteiger partial charge in [0.05, 0.1) is 9.75 Å². The van der Waals surface area contributed by atoms with E-state index in [2.05, 4.69) is 21.3 Å². The average Bonchev–Trinajstić information content (AvgIpc) is 3.06. The van der Waals surface area contributed by atoms with Gasteiger partial charge in [-0.25, -0.2) is 0 Å². The van der Waals surface area contributed by atoms with Crippen molar-refractivity contribution in [1.29, 1.82) is 0 Å². The Morgan fingerprint density at radius 2 is 2.17 bits per heavy atom. The van der Waals surface area contributed by atoms with E-state index < -0.39 is 0 Å². The lowest BCUT2D eigenvalue weighted by atomic mass is 10.0. The van der Waals surface area contributed by atoms with E-state index in [-0.39, 0.29) is 17.7 Å². The van der Waals surface area contributed by atoms with Crippen LogP contribution in [0.25, 0.3) is 0 Å². The molecule has 2 aromatic heterocycles. The van der Waals surface area contributed by atoms with Crippen LogP contribution in [0.2, 0.25) is 0 Å². The highest BCUT2D eigenvalue weighted by atomic mass is 32.1. The van der Waals surface area contributed by atoms with Gasteiger partial charge in [-0.15, -0.1) is 11.3 Å². The molecule has 1 atom stereocenters. The highest BCUT2D eigenvalue weighted by Gasteiger charge is 2.22. The largest absolute Gasteiger partial charge is 0.347 e. The molecule has 5 nitrogen and oxygen atoms in total. The summed E-state index contributed by atoms with van der Waals surface area (Å²) in [7, 11) is 0. The first-order valence-electron chi connectivity index (χ1n) is 8.15. The molecule has 0 spiro atoms. The van der Waals surface area contributed by atoms with E-state index >= 15 is 0 Å². The summed E-state index contributed by atoms with van der Waals surface area (Å²) in [4.78, 5) is 31.5. The SMILES string of the molecule is CC(=O)c1ccc(C(=O)N[C@H]2CCCN(Cc3cccnc3)C2)s1. The van der Waals surface area contributed by atoms with Crippen LogP contribution in [0.5, 0.6) is 0 Å². The molecule has 0 aliphatic carbocycles. The zero-order valence-electron chi connectivity index (χ0n) is 13.7. The summed E-state index contributed by atoms with van der Waals surface area (Å²) < 4.78 is 0. The monoisotopic (exact) mass is 343 g/mol. The first kappa shape index (κ1) is 16.8. The van der Waals surface area contributed by atoms with Crippen LogP contribution in [0, 0.1) is 0 Å². The zero-order valence-corrected chi connectivity index (χ0v) is 14.5. The van der Waals surface area contributed by atoms with Crippen LogP contribution in [0.3, 0.4) is 0 Å². The number of nitrogens with one attached hydrogen (secondary N) is 1. The zero-order chi connectivity index (χ0) is 16.9. The maximum absolute atomic E-state index is 12.4. The van der Waals surface area contributed by atoms with Gasteiger partial charge in [0.2, 0.25) is 0 Å². The minimum Gasteiger partial charge on any atom is -0.347 e. The van der Waals surface area contributed by atoms with E-state index in [1.807, 2.05) is 12.3 Å². The van der Waals surface area contributed by atoms with Crippen molar-refractivity contribution in [3.05, 3.63) is 52.0 Å². The van der Waals surface area contributed by atoms with Crippen LogP contribution >= 0.6 is 11.3 Å². The average molecular weight is 343 g/mol. The number of Topliss-reactive ketones (excluding diaryl/α,β-unsaturated/α-hetero) is 1. The van der Waals surface area contributed by atoms with Crippen LogP contribution in [0.1, 0.15) is 44.7 Å². The Labute approximate surface area is 145 Å². The second-order valence-electron chi connectivity index (χ2n) is 6.13. The van der Waals surface area contributed by atoms with Gasteiger partial charge in [0.25, 0.3) is 5.91 Å². The quantitative estimate of drug-likeness (QED) is 0.848. The molecule has 0 saturated carbocycles. The highest BCUT2D eigenvalue weighted by molar-refractivity contribution is 7.15. The van der Waals surface area contributed by atoms with Crippen molar-refractivity contribution in [2.75, 3.05) is 13.1 Å². The highest BCUT2D eigenvalue weighted by Crippen LogP contribution is 2.18. The summed E-state index contributed by atoms with van der Waals surface area (Å²) in [6.45, 7) is 4.25. The molecule has 0 aromatic carbocycles. The number of thiophene rings is 1. The molecule has 2 aromatic rings. The molecule has 1 N–H and O–H groups in total. The molecule has 1 amide bonds. The number of hydrogen-bond donors (Lipinski definition) is 1. The Balaban J connectivity index is 1.56. The van der Waals surface area contributed by atoms with Gasteiger partial charge in [0.15, 0.2) is 5.78 Å². The van der Waals surface area contributed by atoms with Crippen LogP contribution in [-0.2, 0) is 6.54 Å². The van der Waals surface area contributed by atoms with E-state index in [1.165, 1.54) is 23.8 Å². The molecule has 6 heteroatoms. The van der Waals surface area contributed by atoms with Crippen LogP contribution in [-0.4, -0.2) is 40.7 Å². The number of hydrogen-bond acceptors (Lipinski definition) is 5. The van der Waals surface area contributed by atoms with Gasteiger partial charge >= 0.3 is 0 Å². The predicted octanol–water partition coefficient (Wildman–Crippen LogP) is 2.74. The Hall–Kier alpha value is -2.05. The molecule has 0 radical (unpaired) electrons. The fourth-order valence-electron chi connectivity index (χ4n) is 2.97. The molecule has 1 saturated heterocycles. The third-order valence-electron chi connectivity index (χ3n) is 4.15. The van der Waals surface area contributed by atoms with E-state index in [0.717, 1.165) is 32.5 Å². The Kier molecular flexibility index (Phi) is 5.37. The van der Waals surface area contributed by atoms with Crippen molar-refractivity contribution in [2.45, 2.75) is 32.4 Å². The van der Waals surface area contributed by atoms with Crippen LogP contribution < -0.4 is 5.32 Å². The topological polar surface area (TPSA) is 62.3 Å². The van der Waals surface area contributed by atoms with E-state index in [1.54, 1.807) is 18.3 Å². The van der Waals surface area contributed by atoms with E-state index in [4.69, 9.17) is 0 Å². The Bertz CT molecular complexity index is 714. The van der Waals surface area contributed by atoms with Gasteiger partial charge in [-0.2, -0.15) is 0 Å². The number of likely N-dealkylation sites (tertiary alicyclic amines) is 1.